The Morgan fingerprint density at radius 3 is 2.63 bits per heavy atom. The van der Waals surface area contributed by atoms with E-state index in [1.807, 2.05) is 12.1 Å². The van der Waals surface area contributed by atoms with Gasteiger partial charge in [-0.25, -0.2) is 0 Å². The highest BCUT2D eigenvalue weighted by Gasteiger charge is 1.99. The molecule has 100 valence electrons. The van der Waals surface area contributed by atoms with Crippen LogP contribution in [0.5, 0.6) is 5.75 Å². The van der Waals surface area contributed by atoms with E-state index in [1.165, 1.54) is 10.8 Å². The first-order valence-corrected chi connectivity index (χ1v) is 7.46. The molecule has 0 saturated carbocycles. The van der Waals surface area contributed by atoms with E-state index in [-0.39, 0.29) is 0 Å². The highest BCUT2D eigenvalue weighted by atomic mass is 79.9. The normalized spacial score (nSPS) is 10.6. The highest BCUT2D eigenvalue weighted by Crippen LogP contribution is 2.24. The predicted molar refractivity (Wildman–Crippen MR) is 87.8 cm³/mol. The van der Waals surface area contributed by atoms with Gasteiger partial charge in [-0.1, -0.05) is 40.3 Å². The third-order valence-electron chi connectivity index (χ3n) is 2.86. The largest absolute Gasteiger partial charge is 0.494 e. The Morgan fingerprint density at radius 1 is 1.11 bits per heavy atom. The van der Waals surface area contributed by atoms with Crippen LogP contribution >= 0.6 is 28.1 Å². The molecule has 2 aromatic carbocycles. The Kier molecular flexibility index (Phi) is 5.16. The van der Waals surface area contributed by atoms with Crippen molar-refractivity contribution in [3.8, 4) is 5.75 Å². The smallest absolute Gasteiger partial charge is 0.119 e. The van der Waals surface area contributed by atoms with Crippen molar-refractivity contribution >= 4 is 43.9 Å². The van der Waals surface area contributed by atoms with E-state index in [0.717, 1.165) is 29.5 Å². The van der Waals surface area contributed by atoms with Gasteiger partial charge in [0.05, 0.1) is 11.6 Å². The van der Waals surface area contributed by atoms with Crippen LogP contribution in [0.1, 0.15) is 19.3 Å². The minimum atomic E-state index is 0.580. The average molecular weight is 338 g/mol. The minimum Gasteiger partial charge on any atom is -0.494 e. The molecule has 0 aliphatic heterocycles. The molecule has 4 heteroatoms. The van der Waals surface area contributed by atoms with Crippen molar-refractivity contribution in [2.45, 2.75) is 19.3 Å². The fraction of sp³-hybridized carbons (Fsp3) is 0.267. The molecular weight excluding hydrogens is 322 g/mol. The number of nitrogens with two attached hydrogens (primary N) is 1. The summed E-state index contributed by atoms with van der Waals surface area (Å²) in [4.78, 5) is 0.580. The summed E-state index contributed by atoms with van der Waals surface area (Å²) in [5, 5.41) is 2.39. The van der Waals surface area contributed by atoms with Crippen molar-refractivity contribution in [1.82, 2.24) is 0 Å². The lowest BCUT2D eigenvalue weighted by molar-refractivity contribution is 0.308. The van der Waals surface area contributed by atoms with Crippen LogP contribution in [-0.2, 0) is 0 Å². The summed E-state index contributed by atoms with van der Waals surface area (Å²) < 4.78 is 6.82. The molecule has 2 rings (SSSR count). The maximum atomic E-state index is 5.73. The summed E-state index contributed by atoms with van der Waals surface area (Å²) in [5.74, 6) is 0.908. The van der Waals surface area contributed by atoms with Gasteiger partial charge in [-0.05, 0) is 54.3 Å². The van der Waals surface area contributed by atoms with Crippen LogP contribution in [0.2, 0.25) is 0 Å². The molecule has 0 saturated heterocycles. The summed E-state index contributed by atoms with van der Waals surface area (Å²) >= 11 is 8.30. The predicted octanol–water partition coefficient (Wildman–Crippen LogP) is 4.44. The molecule has 0 radical (unpaired) electrons. The topological polar surface area (TPSA) is 35.2 Å². The Morgan fingerprint density at radius 2 is 1.84 bits per heavy atom. The second-order valence-corrected chi connectivity index (χ2v) is 5.87. The number of rotatable bonds is 6. The van der Waals surface area contributed by atoms with Crippen LogP contribution in [0.4, 0.5) is 0 Å². The summed E-state index contributed by atoms with van der Waals surface area (Å²) in [7, 11) is 0. The highest BCUT2D eigenvalue weighted by molar-refractivity contribution is 9.10. The molecular formula is C15H16BrNOS. The second kappa shape index (κ2) is 6.87. The van der Waals surface area contributed by atoms with Gasteiger partial charge in [-0.3, -0.25) is 0 Å². The van der Waals surface area contributed by atoms with Crippen LogP contribution in [-0.4, -0.2) is 11.6 Å². The maximum absolute atomic E-state index is 5.73. The molecule has 0 bridgehead atoms. The summed E-state index contributed by atoms with van der Waals surface area (Å²) in [5.41, 5.74) is 5.45. The summed E-state index contributed by atoms with van der Waals surface area (Å²) in [6.07, 6.45) is 2.75. The van der Waals surface area contributed by atoms with Gasteiger partial charge in [0.25, 0.3) is 0 Å². The Labute approximate surface area is 127 Å². The van der Waals surface area contributed by atoms with Crippen LogP contribution < -0.4 is 10.5 Å². The average Bonchev–Trinajstić information content (AvgIpc) is 2.38. The van der Waals surface area contributed by atoms with E-state index in [9.17, 15) is 0 Å². The monoisotopic (exact) mass is 337 g/mol. The Balaban J connectivity index is 1.91. The first-order chi connectivity index (χ1) is 9.15. The van der Waals surface area contributed by atoms with E-state index >= 15 is 0 Å². The number of ether oxygens (including phenoxy) is 1. The molecule has 2 nitrogen and oxygen atoms in total. The number of thiocarbonyl (C=S) groups is 1. The fourth-order valence-corrected chi connectivity index (χ4v) is 2.40. The minimum absolute atomic E-state index is 0.580. The number of unbranched alkanes of at least 4 members (excludes halogenated alkanes) is 1. The standard InChI is InChI=1S/C15H16BrNOS/c16-13-6-4-12-10-14(7-5-11(12)9-13)18-8-2-1-3-15(17)19/h4-7,9-10H,1-3,8H2,(H2,17,19). The van der Waals surface area contributed by atoms with Crippen molar-refractivity contribution in [2.24, 2.45) is 5.73 Å². The van der Waals surface area contributed by atoms with E-state index in [1.54, 1.807) is 0 Å². The van der Waals surface area contributed by atoms with Crippen LogP contribution in [0.15, 0.2) is 40.9 Å². The van der Waals surface area contributed by atoms with Crippen molar-refractivity contribution in [2.75, 3.05) is 6.61 Å². The molecule has 0 aliphatic rings. The van der Waals surface area contributed by atoms with Gasteiger partial charge in [0.1, 0.15) is 5.75 Å². The number of benzene rings is 2. The van der Waals surface area contributed by atoms with Crippen LogP contribution in [0, 0.1) is 0 Å². The molecule has 2 N–H and O–H groups in total. The quantitative estimate of drug-likeness (QED) is 0.625. The summed E-state index contributed by atoms with van der Waals surface area (Å²) in [6.45, 7) is 0.699. The van der Waals surface area contributed by atoms with Gasteiger partial charge in [0, 0.05) is 4.47 Å². The van der Waals surface area contributed by atoms with Crippen molar-refractivity contribution < 1.29 is 4.74 Å². The first-order valence-electron chi connectivity index (χ1n) is 6.25. The molecule has 0 amide bonds. The van der Waals surface area contributed by atoms with E-state index < -0.39 is 0 Å². The summed E-state index contributed by atoms with van der Waals surface area (Å²) in [6, 6.07) is 12.4. The lowest BCUT2D eigenvalue weighted by Gasteiger charge is -2.07. The zero-order valence-corrected chi connectivity index (χ0v) is 13.0. The zero-order chi connectivity index (χ0) is 13.7. The molecule has 0 unspecified atom stereocenters. The van der Waals surface area contributed by atoms with Gasteiger partial charge in [0.15, 0.2) is 0 Å². The molecule has 19 heavy (non-hydrogen) atoms. The first kappa shape index (κ1) is 14.3. The Hall–Kier alpha value is -1.13. The van der Waals surface area contributed by atoms with Gasteiger partial charge < -0.3 is 10.5 Å². The van der Waals surface area contributed by atoms with E-state index in [2.05, 4.69) is 40.2 Å². The van der Waals surface area contributed by atoms with Crippen molar-refractivity contribution in [3.05, 3.63) is 40.9 Å². The van der Waals surface area contributed by atoms with Crippen molar-refractivity contribution in [1.29, 1.82) is 0 Å². The molecule has 2 aromatic rings. The van der Waals surface area contributed by atoms with Crippen molar-refractivity contribution in [3.63, 3.8) is 0 Å². The number of hydrogen-bond acceptors (Lipinski definition) is 2. The third-order valence-corrected chi connectivity index (χ3v) is 3.56. The van der Waals surface area contributed by atoms with Gasteiger partial charge in [0.2, 0.25) is 0 Å². The number of hydrogen-bond donors (Lipinski definition) is 1. The molecule has 0 heterocycles. The van der Waals surface area contributed by atoms with Gasteiger partial charge in [-0.2, -0.15) is 0 Å². The Bertz CT molecular complexity index is 585. The SMILES string of the molecule is NC(=S)CCCCOc1ccc2cc(Br)ccc2c1. The third kappa shape index (κ3) is 4.48. The number of halogens is 1. The molecule has 0 fully saturated rings. The second-order valence-electron chi connectivity index (χ2n) is 4.43. The fourth-order valence-electron chi connectivity index (χ4n) is 1.88. The number of fused-ring (bicyclic) bond motifs is 1. The van der Waals surface area contributed by atoms with Gasteiger partial charge >= 0.3 is 0 Å². The van der Waals surface area contributed by atoms with E-state index in [0.29, 0.717) is 11.6 Å². The zero-order valence-electron chi connectivity index (χ0n) is 10.6. The molecule has 0 spiro atoms. The van der Waals surface area contributed by atoms with Gasteiger partial charge in [-0.15, -0.1) is 0 Å². The molecule has 0 aliphatic carbocycles. The van der Waals surface area contributed by atoms with Crippen LogP contribution in [0.3, 0.4) is 0 Å². The molecule has 0 aromatic heterocycles. The van der Waals surface area contributed by atoms with Crippen LogP contribution in [0.25, 0.3) is 10.8 Å². The van der Waals surface area contributed by atoms with E-state index in [4.69, 9.17) is 22.7 Å². The lowest BCUT2D eigenvalue weighted by atomic mass is 10.1. The molecule has 0 atom stereocenters. The maximum Gasteiger partial charge on any atom is 0.119 e. The lowest BCUT2D eigenvalue weighted by Crippen LogP contribution is -2.07.